The maximum Gasteiger partial charge on any atom is 0.0762 e. The Balaban J connectivity index is 2.13. The van der Waals surface area contributed by atoms with Crippen LogP contribution < -0.4 is 4.90 Å². The molecule has 1 fully saturated rings. The van der Waals surface area contributed by atoms with Gasteiger partial charge in [0.25, 0.3) is 0 Å². The molecule has 1 unspecified atom stereocenters. The molecule has 2 rings (SSSR count). The lowest BCUT2D eigenvalue weighted by atomic mass is 10.1. The van der Waals surface area contributed by atoms with Crippen molar-refractivity contribution in [3.8, 4) is 0 Å². The van der Waals surface area contributed by atoms with Crippen LogP contribution in [0.15, 0.2) is 22.7 Å². The van der Waals surface area contributed by atoms with Gasteiger partial charge in [-0.15, -0.1) is 0 Å². The van der Waals surface area contributed by atoms with Gasteiger partial charge in [0.1, 0.15) is 0 Å². The van der Waals surface area contributed by atoms with E-state index in [4.69, 9.17) is 4.74 Å². The zero-order valence-corrected chi connectivity index (χ0v) is 13.2. The van der Waals surface area contributed by atoms with Crippen molar-refractivity contribution in [3.63, 3.8) is 0 Å². The highest BCUT2D eigenvalue weighted by atomic mass is 79.9. The highest BCUT2D eigenvalue weighted by molar-refractivity contribution is 9.10. The number of hydrogen-bond donors (Lipinski definition) is 1. The molecular weight excluding hydrogens is 306 g/mol. The molecule has 2 atom stereocenters. The Labute approximate surface area is 123 Å². The summed E-state index contributed by atoms with van der Waals surface area (Å²) in [6.45, 7) is 6.72. The number of anilines is 1. The Bertz CT molecular complexity index is 417. The van der Waals surface area contributed by atoms with Crippen molar-refractivity contribution in [2.24, 2.45) is 0 Å². The Morgan fingerprint density at radius 2 is 2.32 bits per heavy atom. The number of halogens is 1. The summed E-state index contributed by atoms with van der Waals surface area (Å²) >= 11 is 3.61. The maximum atomic E-state index is 9.61. The molecule has 4 heteroatoms. The van der Waals surface area contributed by atoms with Crippen LogP contribution in [-0.2, 0) is 4.74 Å². The topological polar surface area (TPSA) is 32.7 Å². The predicted octanol–water partition coefficient (Wildman–Crippen LogP) is 3.51. The van der Waals surface area contributed by atoms with Gasteiger partial charge in [-0.3, -0.25) is 0 Å². The van der Waals surface area contributed by atoms with Crippen molar-refractivity contribution in [2.45, 2.75) is 38.9 Å². The second kappa shape index (κ2) is 6.73. The standard InChI is InChI=1S/C15H22BrNO2/c1-3-17(10-13-5-4-8-19-13)15-7-6-12(11(2)18)9-14(15)16/h6-7,9,11,13,18H,3-5,8,10H2,1-2H3/t11-,13?/m0/s1. The van der Waals surface area contributed by atoms with E-state index in [9.17, 15) is 5.11 Å². The van der Waals surface area contributed by atoms with E-state index in [0.717, 1.165) is 36.2 Å². The molecule has 1 aromatic rings. The fourth-order valence-corrected chi connectivity index (χ4v) is 3.12. The number of rotatable bonds is 5. The summed E-state index contributed by atoms with van der Waals surface area (Å²) in [5.41, 5.74) is 2.10. The Kier molecular flexibility index (Phi) is 5.25. The predicted molar refractivity (Wildman–Crippen MR) is 81.6 cm³/mol. The van der Waals surface area contributed by atoms with E-state index in [0.29, 0.717) is 6.10 Å². The van der Waals surface area contributed by atoms with Gasteiger partial charge in [0.05, 0.1) is 17.9 Å². The summed E-state index contributed by atoms with van der Waals surface area (Å²) in [6.07, 6.45) is 2.24. The average Bonchev–Trinajstić information content (AvgIpc) is 2.89. The SMILES string of the molecule is CCN(CC1CCCO1)c1ccc([C@H](C)O)cc1Br. The summed E-state index contributed by atoms with van der Waals surface area (Å²) < 4.78 is 6.74. The van der Waals surface area contributed by atoms with Crippen molar-refractivity contribution < 1.29 is 9.84 Å². The van der Waals surface area contributed by atoms with Crippen LogP contribution in [0.3, 0.4) is 0 Å². The Hall–Kier alpha value is -0.580. The monoisotopic (exact) mass is 327 g/mol. The molecule has 0 aromatic heterocycles. The second-order valence-corrected chi connectivity index (χ2v) is 5.91. The third kappa shape index (κ3) is 3.71. The van der Waals surface area contributed by atoms with Crippen molar-refractivity contribution in [1.29, 1.82) is 0 Å². The second-order valence-electron chi connectivity index (χ2n) is 5.06. The van der Waals surface area contributed by atoms with Crippen molar-refractivity contribution in [3.05, 3.63) is 28.2 Å². The van der Waals surface area contributed by atoms with Gasteiger partial charge in [0, 0.05) is 24.2 Å². The molecule has 19 heavy (non-hydrogen) atoms. The van der Waals surface area contributed by atoms with Gasteiger partial charge in [0.15, 0.2) is 0 Å². The number of ether oxygens (including phenoxy) is 1. The van der Waals surface area contributed by atoms with Gasteiger partial charge in [-0.1, -0.05) is 6.07 Å². The molecule has 1 N–H and O–H groups in total. The summed E-state index contributed by atoms with van der Waals surface area (Å²) in [4.78, 5) is 2.33. The molecule has 1 aliphatic rings. The van der Waals surface area contributed by atoms with Crippen LogP contribution in [0.5, 0.6) is 0 Å². The van der Waals surface area contributed by atoms with E-state index >= 15 is 0 Å². The maximum absolute atomic E-state index is 9.61. The fourth-order valence-electron chi connectivity index (χ4n) is 2.47. The highest BCUT2D eigenvalue weighted by Gasteiger charge is 2.20. The third-order valence-corrected chi connectivity index (χ3v) is 4.26. The minimum absolute atomic E-state index is 0.350. The van der Waals surface area contributed by atoms with Crippen LogP contribution in [-0.4, -0.2) is 30.9 Å². The van der Waals surface area contributed by atoms with E-state index in [1.54, 1.807) is 6.92 Å². The average molecular weight is 328 g/mol. The quantitative estimate of drug-likeness (QED) is 0.898. The first-order valence-corrected chi connectivity index (χ1v) is 7.75. The van der Waals surface area contributed by atoms with Gasteiger partial charge in [-0.05, 0) is 60.3 Å². The van der Waals surface area contributed by atoms with E-state index < -0.39 is 6.10 Å². The molecule has 1 aliphatic heterocycles. The minimum Gasteiger partial charge on any atom is -0.389 e. The number of likely N-dealkylation sites (N-methyl/N-ethyl adjacent to an activating group) is 1. The van der Waals surface area contributed by atoms with Gasteiger partial charge in [-0.25, -0.2) is 0 Å². The largest absolute Gasteiger partial charge is 0.389 e. The molecule has 0 aliphatic carbocycles. The molecular formula is C15H22BrNO2. The van der Waals surface area contributed by atoms with Crippen molar-refractivity contribution >= 4 is 21.6 Å². The third-order valence-electron chi connectivity index (χ3n) is 3.62. The molecule has 1 aromatic carbocycles. The lowest BCUT2D eigenvalue weighted by Crippen LogP contribution is -2.32. The Morgan fingerprint density at radius 3 is 2.84 bits per heavy atom. The van der Waals surface area contributed by atoms with Crippen LogP contribution in [0.2, 0.25) is 0 Å². The highest BCUT2D eigenvalue weighted by Crippen LogP contribution is 2.30. The van der Waals surface area contributed by atoms with E-state index in [1.807, 2.05) is 12.1 Å². The van der Waals surface area contributed by atoms with Crippen molar-refractivity contribution in [1.82, 2.24) is 0 Å². The summed E-state index contributed by atoms with van der Waals surface area (Å²) in [7, 11) is 0. The van der Waals surface area contributed by atoms with Crippen molar-refractivity contribution in [2.75, 3.05) is 24.6 Å². The number of nitrogens with zero attached hydrogens (tertiary/aromatic N) is 1. The molecule has 0 spiro atoms. The molecule has 0 bridgehead atoms. The smallest absolute Gasteiger partial charge is 0.0762 e. The lowest BCUT2D eigenvalue weighted by molar-refractivity contribution is 0.115. The van der Waals surface area contributed by atoms with Gasteiger partial charge >= 0.3 is 0 Å². The first-order chi connectivity index (χ1) is 9.11. The van der Waals surface area contributed by atoms with Gasteiger partial charge < -0.3 is 14.7 Å². The number of hydrogen-bond acceptors (Lipinski definition) is 3. The van der Waals surface area contributed by atoms with Crippen LogP contribution in [0.25, 0.3) is 0 Å². The van der Waals surface area contributed by atoms with E-state index in [-0.39, 0.29) is 0 Å². The van der Waals surface area contributed by atoms with Gasteiger partial charge in [0.2, 0.25) is 0 Å². The molecule has 0 saturated carbocycles. The Morgan fingerprint density at radius 1 is 1.53 bits per heavy atom. The first-order valence-electron chi connectivity index (χ1n) is 6.96. The van der Waals surface area contributed by atoms with E-state index in [1.165, 1.54) is 12.1 Å². The number of aliphatic hydroxyl groups excluding tert-OH is 1. The fraction of sp³-hybridized carbons (Fsp3) is 0.600. The molecule has 3 nitrogen and oxygen atoms in total. The number of aliphatic hydroxyl groups is 1. The molecule has 0 amide bonds. The number of benzene rings is 1. The lowest BCUT2D eigenvalue weighted by Gasteiger charge is -2.27. The molecule has 0 radical (unpaired) electrons. The van der Waals surface area contributed by atoms with Crippen LogP contribution in [0, 0.1) is 0 Å². The summed E-state index contributed by atoms with van der Waals surface area (Å²) in [6, 6.07) is 6.06. The molecule has 1 heterocycles. The summed E-state index contributed by atoms with van der Waals surface area (Å²) in [5.74, 6) is 0. The van der Waals surface area contributed by atoms with Crippen LogP contribution >= 0.6 is 15.9 Å². The molecule has 1 saturated heterocycles. The van der Waals surface area contributed by atoms with Crippen LogP contribution in [0.1, 0.15) is 38.4 Å². The first kappa shape index (κ1) is 14.8. The minimum atomic E-state index is -0.432. The normalized spacial score (nSPS) is 20.5. The zero-order valence-electron chi connectivity index (χ0n) is 11.6. The van der Waals surface area contributed by atoms with Gasteiger partial charge in [-0.2, -0.15) is 0 Å². The molecule has 106 valence electrons. The van der Waals surface area contributed by atoms with E-state index in [2.05, 4.69) is 33.8 Å². The summed E-state index contributed by atoms with van der Waals surface area (Å²) in [5, 5.41) is 9.61. The zero-order chi connectivity index (χ0) is 13.8. The van der Waals surface area contributed by atoms with Crippen LogP contribution in [0.4, 0.5) is 5.69 Å².